The summed E-state index contributed by atoms with van der Waals surface area (Å²) in [4.78, 5) is 42.4. The molecule has 0 aromatic heterocycles. The zero-order chi connectivity index (χ0) is 27.9. The van der Waals surface area contributed by atoms with E-state index >= 15 is 0 Å². The fraction of sp³-hybridized carbons (Fsp3) is 0.500. The average molecular weight is 524 g/mol. The predicted octanol–water partition coefficient (Wildman–Crippen LogP) is 4.87. The first-order chi connectivity index (χ1) is 18.0. The Morgan fingerprint density at radius 1 is 1.03 bits per heavy atom. The van der Waals surface area contributed by atoms with Gasteiger partial charge in [0.1, 0.15) is 23.4 Å². The number of phenolic OH excluding ortho intramolecular Hbond substituents is 1. The number of nitrogens with one attached hydrogen (secondary N) is 2. The van der Waals surface area contributed by atoms with Gasteiger partial charge in [-0.05, 0) is 70.2 Å². The summed E-state index contributed by atoms with van der Waals surface area (Å²) in [6.07, 6.45) is 2.81. The minimum absolute atomic E-state index is 0.0664. The Kier molecular flexibility index (Phi) is 9.78. The highest BCUT2D eigenvalue weighted by Crippen LogP contribution is 2.36. The first kappa shape index (κ1) is 29.0. The van der Waals surface area contributed by atoms with Crippen molar-refractivity contribution in [3.8, 4) is 5.75 Å². The maximum atomic E-state index is 14.3. The highest BCUT2D eigenvalue weighted by molar-refractivity contribution is 5.93. The number of hydrogen-bond acceptors (Lipinski definition) is 5. The van der Waals surface area contributed by atoms with E-state index in [1.165, 1.54) is 12.1 Å². The van der Waals surface area contributed by atoms with E-state index in [0.29, 0.717) is 5.56 Å². The molecule has 1 saturated carbocycles. The third-order valence-electron chi connectivity index (χ3n) is 6.31. The molecule has 3 atom stereocenters. The molecule has 0 spiro atoms. The summed E-state index contributed by atoms with van der Waals surface area (Å²) >= 11 is 0. The number of carbonyl (C=O) groups is 3. The number of rotatable bonds is 11. The van der Waals surface area contributed by atoms with E-state index in [4.69, 9.17) is 4.74 Å². The summed E-state index contributed by atoms with van der Waals surface area (Å²) in [6, 6.07) is 13.8. The number of aromatic hydroxyl groups is 1. The molecule has 2 aromatic carbocycles. The van der Waals surface area contributed by atoms with E-state index in [-0.39, 0.29) is 36.1 Å². The molecule has 2 aromatic rings. The van der Waals surface area contributed by atoms with Gasteiger partial charge in [0, 0.05) is 18.5 Å². The Balaban J connectivity index is 1.98. The van der Waals surface area contributed by atoms with Gasteiger partial charge in [-0.2, -0.15) is 0 Å². The highest BCUT2D eigenvalue weighted by atomic mass is 16.6. The second-order valence-corrected chi connectivity index (χ2v) is 11.1. The van der Waals surface area contributed by atoms with Crippen LogP contribution in [0.5, 0.6) is 5.75 Å². The lowest BCUT2D eigenvalue weighted by Gasteiger charge is -2.35. The van der Waals surface area contributed by atoms with Gasteiger partial charge in [-0.1, -0.05) is 55.8 Å². The molecule has 1 aliphatic rings. The minimum atomic E-state index is -0.937. The number of amides is 3. The van der Waals surface area contributed by atoms with Crippen LogP contribution in [0.4, 0.5) is 4.79 Å². The molecule has 1 aliphatic carbocycles. The van der Waals surface area contributed by atoms with Gasteiger partial charge in [0.25, 0.3) is 0 Å². The Bertz CT molecular complexity index is 1080. The Morgan fingerprint density at radius 3 is 2.21 bits per heavy atom. The topological polar surface area (TPSA) is 108 Å². The number of alkyl carbamates (subject to hydrolysis) is 1. The molecule has 8 nitrogen and oxygen atoms in total. The maximum absolute atomic E-state index is 14.3. The number of hydrogen-bond donors (Lipinski definition) is 3. The monoisotopic (exact) mass is 523 g/mol. The van der Waals surface area contributed by atoms with Gasteiger partial charge < -0.3 is 25.4 Å². The number of ether oxygens (including phenoxy) is 1. The van der Waals surface area contributed by atoms with Crippen LogP contribution in [-0.4, -0.2) is 51.6 Å². The van der Waals surface area contributed by atoms with E-state index in [1.54, 1.807) is 37.8 Å². The number of benzene rings is 2. The van der Waals surface area contributed by atoms with Crippen LogP contribution < -0.4 is 10.6 Å². The summed E-state index contributed by atoms with van der Waals surface area (Å²) in [5.41, 5.74) is 0.740. The smallest absolute Gasteiger partial charge is 0.408 e. The van der Waals surface area contributed by atoms with Crippen LogP contribution >= 0.6 is 0 Å². The fourth-order valence-corrected chi connectivity index (χ4v) is 4.47. The molecule has 1 fully saturated rings. The summed E-state index contributed by atoms with van der Waals surface area (Å²) < 4.78 is 5.47. The standard InChI is InChI=1S/C30H41N3O5/c1-6-10-20(2)31-27(35)26(22-13-17-24(34)18-14-22)33(23-15-16-23)28(36)25(19-21-11-8-7-9-12-21)32-29(37)38-30(3,4)5/h7-9,11-14,17-18,20,23,25-26,34H,6,10,15-16,19H2,1-5H3,(H,31,35)(H,32,37). The summed E-state index contributed by atoms with van der Waals surface area (Å²) in [6.45, 7) is 9.29. The molecule has 38 heavy (non-hydrogen) atoms. The quantitative estimate of drug-likeness (QED) is 0.390. The molecule has 8 heteroatoms. The van der Waals surface area contributed by atoms with E-state index in [1.807, 2.05) is 37.3 Å². The largest absolute Gasteiger partial charge is 0.508 e. The van der Waals surface area contributed by atoms with Crippen LogP contribution in [0.25, 0.3) is 0 Å². The van der Waals surface area contributed by atoms with Crippen molar-refractivity contribution in [3.63, 3.8) is 0 Å². The fourth-order valence-electron chi connectivity index (χ4n) is 4.47. The lowest BCUT2D eigenvalue weighted by atomic mass is 9.99. The van der Waals surface area contributed by atoms with E-state index < -0.39 is 23.8 Å². The van der Waals surface area contributed by atoms with E-state index in [2.05, 4.69) is 17.6 Å². The molecule has 0 bridgehead atoms. The molecular weight excluding hydrogens is 482 g/mol. The van der Waals surface area contributed by atoms with Gasteiger partial charge in [-0.3, -0.25) is 9.59 Å². The molecule has 0 aliphatic heterocycles. The van der Waals surface area contributed by atoms with Gasteiger partial charge >= 0.3 is 6.09 Å². The van der Waals surface area contributed by atoms with Gasteiger partial charge in [0.05, 0.1) is 0 Å². The number of nitrogens with zero attached hydrogens (tertiary/aromatic N) is 1. The maximum Gasteiger partial charge on any atom is 0.408 e. The molecule has 3 unspecified atom stereocenters. The molecule has 0 saturated heterocycles. The third-order valence-corrected chi connectivity index (χ3v) is 6.31. The van der Waals surface area contributed by atoms with Gasteiger partial charge in [0.15, 0.2) is 0 Å². The summed E-state index contributed by atoms with van der Waals surface area (Å²) in [7, 11) is 0. The Hall–Kier alpha value is -3.55. The number of phenols is 1. The SMILES string of the molecule is CCCC(C)NC(=O)C(c1ccc(O)cc1)N(C(=O)C(Cc1ccccc1)NC(=O)OC(C)(C)C)C1CC1. The minimum Gasteiger partial charge on any atom is -0.508 e. The molecule has 0 heterocycles. The van der Waals surface area contributed by atoms with Crippen molar-refractivity contribution in [2.75, 3.05) is 0 Å². The third kappa shape index (κ3) is 8.50. The van der Waals surface area contributed by atoms with Crippen LogP contribution in [0.15, 0.2) is 54.6 Å². The van der Waals surface area contributed by atoms with Crippen molar-refractivity contribution in [1.29, 1.82) is 0 Å². The second-order valence-electron chi connectivity index (χ2n) is 11.1. The van der Waals surface area contributed by atoms with Gasteiger partial charge in [-0.15, -0.1) is 0 Å². The number of carbonyl (C=O) groups excluding carboxylic acids is 3. The molecule has 206 valence electrons. The first-order valence-electron chi connectivity index (χ1n) is 13.4. The van der Waals surface area contributed by atoms with Gasteiger partial charge in [-0.25, -0.2) is 4.79 Å². The molecule has 3 amide bonds. The summed E-state index contributed by atoms with van der Waals surface area (Å²) in [5.74, 6) is -0.559. The van der Waals surface area contributed by atoms with Crippen molar-refractivity contribution in [2.24, 2.45) is 0 Å². The zero-order valence-electron chi connectivity index (χ0n) is 23.1. The normalized spacial score (nSPS) is 15.6. The Morgan fingerprint density at radius 2 is 1.66 bits per heavy atom. The molecule has 0 radical (unpaired) electrons. The molecule has 3 N–H and O–H groups in total. The van der Waals surface area contributed by atoms with Crippen LogP contribution in [0.3, 0.4) is 0 Å². The van der Waals surface area contributed by atoms with Crippen LogP contribution in [-0.2, 0) is 20.7 Å². The van der Waals surface area contributed by atoms with Crippen LogP contribution in [0.2, 0.25) is 0 Å². The molecular formula is C30H41N3O5. The van der Waals surface area contributed by atoms with Crippen molar-refractivity contribution < 1.29 is 24.2 Å². The summed E-state index contributed by atoms with van der Waals surface area (Å²) in [5, 5.41) is 15.7. The lowest BCUT2D eigenvalue weighted by molar-refractivity contribution is -0.143. The van der Waals surface area contributed by atoms with Crippen LogP contribution in [0, 0.1) is 0 Å². The highest BCUT2D eigenvalue weighted by Gasteiger charge is 2.44. The van der Waals surface area contributed by atoms with Crippen LogP contribution in [0.1, 0.15) is 77.5 Å². The zero-order valence-corrected chi connectivity index (χ0v) is 23.1. The van der Waals surface area contributed by atoms with Crippen molar-refractivity contribution >= 4 is 17.9 Å². The van der Waals surface area contributed by atoms with Crippen molar-refractivity contribution in [1.82, 2.24) is 15.5 Å². The Labute approximate surface area is 225 Å². The van der Waals surface area contributed by atoms with Crippen molar-refractivity contribution in [2.45, 2.75) is 96.5 Å². The average Bonchev–Trinajstić information content (AvgIpc) is 3.67. The van der Waals surface area contributed by atoms with E-state index in [9.17, 15) is 19.5 Å². The van der Waals surface area contributed by atoms with Crippen molar-refractivity contribution in [3.05, 3.63) is 65.7 Å². The first-order valence-corrected chi connectivity index (χ1v) is 13.4. The van der Waals surface area contributed by atoms with E-state index in [0.717, 1.165) is 31.2 Å². The van der Waals surface area contributed by atoms with Gasteiger partial charge in [0.2, 0.25) is 11.8 Å². The lowest BCUT2D eigenvalue weighted by Crippen LogP contribution is -2.55. The second kappa shape index (κ2) is 12.8. The molecule has 3 rings (SSSR count). The predicted molar refractivity (Wildman–Crippen MR) is 147 cm³/mol.